The van der Waals surface area contributed by atoms with Crippen LogP contribution in [0.2, 0.25) is 5.02 Å². The highest BCUT2D eigenvalue weighted by atomic mass is 35.5. The summed E-state index contributed by atoms with van der Waals surface area (Å²) in [5, 5.41) is 6.25. The number of anilines is 2. The largest absolute Gasteiger partial charge is 0.495 e. The molecule has 0 spiro atoms. The van der Waals surface area contributed by atoms with Gasteiger partial charge in [-0.2, -0.15) is 0 Å². The molecule has 2 N–H and O–H groups in total. The lowest BCUT2D eigenvalue weighted by atomic mass is 10.1. The van der Waals surface area contributed by atoms with Gasteiger partial charge in [-0.05, 0) is 49.1 Å². The number of para-hydroxylation sites is 1. The summed E-state index contributed by atoms with van der Waals surface area (Å²) in [5.41, 5.74) is 3.57. The number of rotatable bonds is 6. The topological polar surface area (TPSA) is 67.4 Å². The Morgan fingerprint density at radius 1 is 1.15 bits per heavy atom. The second kappa shape index (κ2) is 8.01. The van der Waals surface area contributed by atoms with E-state index >= 15 is 0 Å². The van der Waals surface area contributed by atoms with E-state index in [0.29, 0.717) is 22.9 Å². The first-order valence-corrected chi connectivity index (χ1v) is 9.36. The van der Waals surface area contributed by atoms with E-state index in [0.717, 1.165) is 23.2 Å². The molecule has 2 aromatic carbocycles. The van der Waals surface area contributed by atoms with Gasteiger partial charge in [-0.15, -0.1) is 0 Å². The summed E-state index contributed by atoms with van der Waals surface area (Å²) in [7, 11) is 1.53. The zero-order chi connectivity index (χ0) is 19.6. The number of amides is 2. The molecular weight excluding hydrogens is 364 g/mol. The van der Waals surface area contributed by atoms with Gasteiger partial charge in [0.25, 0.3) is 0 Å². The van der Waals surface area contributed by atoms with Crippen LogP contribution in [0, 0.1) is 18.8 Å². The lowest BCUT2D eigenvalue weighted by Gasteiger charge is -2.13. The van der Waals surface area contributed by atoms with Crippen molar-refractivity contribution in [1.29, 1.82) is 0 Å². The summed E-state index contributed by atoms with van der Waals surface area (Å²) in [6.07, 6.45) is 1.39. The number of carbonyl (C=O) groups is 2. The molecule has 2 amide bonds. The fraction of sp³-hybridized carbons (Fsp3) is 0.333. The maximum Gasteiger partial charge on any atom is 0.228 e. The first-order chi connectivity index (χ1) is 12.9. The molecular formula is C21H23ClN2O3. The third-order valence-corrected chi connectivity index (χ3v) is 5.17. The van der Waals surface area contributed by atoms with Crippen molar-refractivity contribution in [2.24, 2.45) is 11.8 Å². The molecule has 0 aliphatic heterocycles. The van der Waals surface area contributed by atoms with Crippen LogP contribution < -0.4 is 15.4 Å². The van der Waals surface area contributed by atoms with Crippen LogP contribution in [-0.4, -0.2) is 18.9 Å². The minimum atomic E-state index is -0.319. The fourth-order valence-electron chi connectivity index (χ4n) is 3.17. The van der Waals surface area contributed by atoms with Crippen LogP contribution in [0.15, 0.2) is 36.4 Å². The van der Waals surface area contributed by atoms with Crippen molar-refractivity contribution in [2.45, 2.75) is 26.7 Å². The molecule has 2 atom stereocenters. The Hall–Kier alpha value is -2.53. The van der Waals surface area contributed by atoms with Crippen molar-refractivity contribution < 1.29 is 14.3 Å². The van der Waals surface area contributed by atoms with Gasteiger partial charge in [-0.25, -0.2) is 0 Å². The van der Waals surface area contributed by atoms with E-state index in [-0.39, 0.29) is 23.7 Å². The third-order valence-electron chi connectivity index (χ3n) is 4.87. The first kappa shape index (κ1) is 19.2. The molecule has 0 saturated heterocycles. The van der Waals surface area contributed by atoms with Crippen molar-refractivity contribution in [3.8, 4) is 5.75 Å². The van der Waals surface area contributed by atoms with Crippen molar-refractivity contribution in [1.82, 2.24) is 0 Å². The zero-order valence-corrected chi connectivity index (χ0v) is 16.4. The normalized spacial score (nSPS) is 17.9. The lowest BCUT2D eigenvalue weighted by Crippen LogP contribution is -2.21. The number of methoxy groups -OCH3 is 1. The number of benzene rings is 2. The average molecular weight is 387 g/mol. The molecule has 2 aromatic rings. The Bertz CT molecular complexity index is 882. The lowest BCUT2D eigenvalue weighted by molar-refractivity contribution is -0.122. The molecule has 0 radical (unpaired) electrons. The van der Waals surface area contributed by atoms with Crippen molar-refractivity contribution in [3.63, 3.8) is 0 Å². The molecule has 5 nitrogen and oxygen atoms in total. The second-order valence-corrected chi connectivity index (χ2v) is 7.15. The molecule has 27 heavy (non-hydrogen) atoms. The maximum absolute atomic E-state index is 12.6. The van der Waals surface area contributed by atoms with Crippen LogP contribution in [0.3, 0.4) is 0 Å². The van der Waals surface area contributed by atoms with Gasteiger partial charge in [0, 0.05) is 11.4 Å². The number of hydrogen-bond donors (Lipinski definition) is 2. The Labute approximate surface area is 164 Å². The Balaban J connectivity index is 1.61. The van der Waals surface area contributed by atoms with Crippen LogP contribution in [0.4, 0.5) is 11.4 Å². The van der Waals surface area contributed by atoms with Gasteiger partial charge < -0.3 is 15.4 Å². The van der Waals surface area contributed by atoms with E-state index in [9.17, 15) is 9.59 Å². The summed E-state index contributed by atoms with van der Waals surface area (Å²) in [5.74, 6) is -0.352. The maximum atomic E-state index is 12.6. The molecule has 3 rings (SSSR count). The number of aryl methyl sites for hydroxylation is 2. The molecule has 1 saturated carbocycles. The molecule has 1 aliphatic carbocycles. The quantitative estimate of drug-likeness (QED) is 0.771. The van der Waals surface area contributed by atoms with Crippen LogP contribution >= 0.6 is 11.6 Å². The van der Waals surface area contributed by atoms with E-state index in [1.807, 2.05) is 25.1 Å². The Morgan fingerprint density at radius 2 is 1.85 bits per heavy atom. The third kappa shape index (κ3) is 4.25. The molecule has 0 bridgehead atoms. The highest BCUT2D eigenvalue weighted by Crippen LogP contribution is 2.41. The Kier molecular flexibility index (Phi) is 5.71. The van der Waals surface area contributed by atoms with Gasteiger partial charge in [-0.1, -0.05) is 36.7 Å². The second-order valence-electron chi connectivity index (χ2n) is 6.74. The standard InChI is InChI=1S/C21H23ClN2O3/c1-4-13-7-5-6-12(2)19(13)24-21(26)16-11-15(16)20(25)23-14-8-9-18(27-3)17(22)10-14/h5-10,15-16H,4,11H2,1-3H3,(H,23,25)(H,24,26). The van der Waals surface area contributed by atoms with Gasteiger partial charge in [-0.3, -0.25) is 9.59 Å². The molecule has 1 aliphatic rings. The van der Waals surface area contributed by atoms with Gasteiger partial charge in [0.1, 0.15) is 5.75 Å². The Morgan fingerprint density at radius 3 is 2.48 bits per heavy atom. The van der Waals surface area contributed by atoms with E-state index in [1.165, 1.54) is 7.11 Å². The number of nitrogens with one attached hydrogen (secondary N) is 2. The van der Waals surface area contributed by atoms with Crippen molar-refractivity contribution in [3.05, 3.63) is 52.5 Å². The highest BCUT2D eigenvalue weighted by molar-refractivity contribution is 6.32. The van der Waals surface area contributed by atoms with Gasteiger partial charge in [0.05, 0.1) is 24.0 Å². The summed E-state index contributed by atoms with van der Waals surface area (Å²) in [4.78, 5) is 25.0. The molecule has 2 unspecified atom stereocenters. The highest BCUT2D eigenvalue weighted by Gasteiger charge is 2.48. The summed E-state index contributed by atoms with van der Waals surface area (Å²) in [6, 6.07) is 11.0. The molecule has 0 aromatic heterocycles. The molecule has 6 heteroatoms. The summed E-state index contributed by atoms with van der Waals surface area (Å²) in [6.45, 7) is 4.02. The van der Waals surface area contributed by atoms with Gasteiger partial charge >= 0.3 is 0 Å². The van der Waals surface area contributed by atoms with E-state index in [4.69, 9.17) is 16.3 Å². The number of ether oxygens (including phenoxy) is 1. The fourth-order valence-corrected chi connectivity index (χ4v) is 3.43. The summed E-state index contributed by atoms with van der Waals surface area (Å²) >= 11 is 6.08. The van der Waals surface area contributed by atoms with Crippen LogP contribution in [0.5, 0.6) is 5.75 Å². The SMILES string of the molecule is CCc1cccc(C)c1NC(=O)C1CC1C(=O)Nc1ccc(OC)c(Cl)c1. The minimum absolute atomic E-state index is 0.105. The predicted octanol–water partition coefficient (Wildman–Crippen LogP) is 4.43. The predicted molar refractivity (Wildman–Crippen MR) is 107 cm³/mol. The first-order valence-electron chi connectivity index (χ1n) is 8.98. The number of hydrogen-bond acceptors (Lipinski definition) is 3. The average Bonchev–Trinajstić information content (AvgIpc) is 3.44. The monoisotopic (exact) mass is 386 g/mol. The molecule has 0 heterocycles. The minimum Gasteiger partial charge on any atom is -0.495 e. The van der Waals surface area contributed by atoms with Gasteiger partial charge in [0.15, 0.2) is 0 Å². The molecule has 142 valence electrons. The van der Waals surface area contributed by atoms with E-state index in [2.05, 4.69) is 17.6 Å². The number of carbonyl (C=O) groups excluding carboxylic acids is 2. The van der Waals surface area contributed by atoms with Crippen LogP contribution in [0.1, 0.15) is 24.5 Å². The van der Waals surface area contributed by atoms with Crippen LogP contribution in [0.25, 0.3) is 0 Å². The van der Waals surface area contributed by atoms with Gasteiger partial charge in [0.2, 0.25) is 11.8 Å². The summed E-state index contributed by atoms with van der Waals surface area (Å²) < 4.78 is 5.10. The zero-order valence-electron chi connectivity index (χ0n) is 15.6. The smallest absolute Gasteiger partial charge is 0.228 e. The van der Waals surface area contributed by atoms with E-state index < -0.39 is 0 Å². The molecule has 1 fully saturated rings. The van der Waals surface area contributed by atoms with E-state index in [1.54, 1.807) is 18.2 Å². The van der Waals surface area contributed by atoms with Crippen LogP contribution in [-0.2, 0) is 16.0 Å². The van der Waals surface area contributed by atoms with Crippen molar-refractivity contribution >= 4 is 34.8 Å². The number of halogens is 1. The van der Waals surface area contributed by atoms with Crippen molar-refractivity contribution in [2.75, 3.05) is 17.7 Å².